The van der Waals surface area contributed by atoms with Gasteiger partial charge >= 0.3 is 0 Å². The zero-order valence-corrected chi connectivity index (χ0v) is 14.1. The first-order valence-corrected chi connectivity index (χ1v) is 9.05. The van der Waals surface area contributed by atoms with Gasteiger partial charge < -0.3 is 5.32 Å². The average Bonchev–Trinajstić information content (AvgIpc) is 2.95. The number of carbonyl (C=O) groups is 1. The zero-order chi connectivity index (χ0) is 16.1. The topological polar surface area (TPSA) is 75.3 Å². The van der Waals surface area contributed by atoms with Gasteiger partial charge in [0.2, 0.25) is 5.91 Å². The van der Waals surface area contributed by atoms with Gasteiger partial charge in [0.1, 0.15) is 4.21 Å². The molecule has 0 saturated carbocycles. The Labute approximate surface area is 133 Å². The number of hydrogen-bond acceptors (Lipinski definition) is 4. The van der Waals surface area contributed by atoms with Crippen molar-refractivity contribution in [2.24, 2.45) is 0 Å². The van der Waals surface area contributed by atoms with E-state index >= 15 is 0 Å². The largest absolute Gasteiger partial charge is 0.325 e. The van der Waals surface area contributed by atoms with Gasteiger partial charge in [-0.05, 0) is 56.7 Å². The zero-order valence-electron chi connectivity index (χ0n) is 12.4. The smallest absolute Gasteiger partial charge is 0.271 e. The maximum atomic E-state index is 12.4. The van der Waals surface area contributed by atoms with Gasteiger partial charge in [0.05, 0.1) is 5.41 Å². The highest BCUT2D eigenvalue weighted by molar-refractivity contribution is 7.94. The SMILES string of the molecule is Cc1ccc(S(=O)(=O)Nc2ccc3c(c2)C(C)(C)C(=O)N3)s1. The second-order valence-electron chi connectivity index (χ2n) is 5.81. The lowest BCUT2D eigenvalue weighted by molar-refractivity contribution is -0.119. The van der Waals surface area contributed by atoms with Crippen LogP contribution in [0.4, 0.5) is 11.4 Å². The lowest BCUT2D eigenvalue weighted by Crippen LogP contribution is -2.26. The van der Waals surface area contributed by atoms with Gasteiger partial charge in [0.25, 0.3) is 10.0 Å². The van der Waals surface area contributed by atoms with Crippen molar-refractivity contribution in [3.8, 4) is 0 Å². The molecule has 2 heterocycles. The summed E-state index contributed by atoms with van der Waals surface area (Å²) >= 11 is 1.22. The highest BCUT2D eigenvalue weighted by atomic mass is 32.2. The molecule has 0 radical (unpaired) electrons. The molecule has 1 aliphatic rings. The third-order valence-electron chi connectivity index (χ3n) is 3.74. The van der Waals surface area contributed by atoms with Gasteiger partial charge in [0.15, 0.2) is 0 Å². The summed E-state index contributed by atoms with van der Waals surface area (Å²) in [7, 11) is -3.60. The number of aryl methyl sites for hydroxylation is 1. The highest BCUT2D eigenvalue weighted by Crippen LogP contribution is 2.39. The summed E-state index contributed by atoms with van der Waals surface area (Å²) in [5.74, 6) is -0.0867. The van der Waals surface area contributed by atoms with E-state index in [9.17, 15) is 13.2 Å². The third kappa shape index (κ3) is 2.40. The third-order valence-corrected chi connectivity index (χ3v) is 6.62. The minimum absolute atomic E-state index is 0.0867. The van der Waals surface area contributed by atoms with Crippen LogP contribution in [0, 0.1) is 6.92 Å². The Morgan fingerprint density at radius 1 is 1.18 bits per heavy atom. The van der Waals surface area contributed by atoms with Crippen LogP contribution in [0.2, 0.25) is 0 Å². The van der Waals surface area contributed by atoms with Crippen LogP contribution in [0.3, 0.4) is 0 Å². The van der Waals surface area contributed by atoms with Gasteiger partial charge in [-0.1, -0.05) is 0 Å². The van der Waals surface area contributed by atoms with Crippen molar-refractivity contribution < 1.29 is 13.2 Å². The van der Waals surface area contributed by atoms with Crippen LogP contribution in [0.25, 0.3) is 0 Å². The summed E-state index contributed by atoms with van der Waals surface area (Å²) < 4.78 is 27.6. The maximum absolute atomic E-state index is 12.4. The molecule has 1 aromatic heterocycles. The Balaban J connectivity index is 1.95. The predicted molar refractivity (Wildman–Crippen MR) is 88.0 cm³/mol. The van der Waals surface area contributed by atoms with Crippen molar-refractivity contribution >= 4 is 38.6 Å². The Morgan fingerprint density at radius 3 is 2.55 bits per heavy atom. The number of nitrogens with one attached hydrogen (secondary N) is 2. The van der Waals surface area contributed by atoms with E-state index in [1.807, 2.05) is 20.8 Å². The molecule has 1 aliphatic heterocycles. The molecule has 0 fully saturated rings. The monoisotopic (exact) mass is 336 g/mol. The molecule has 5 nitrogen and oxygen atoms in total. The maximum Gasteiger partial charge on any atom is 0.271 e. The molecule has 22 heavy (non-hydrogen) atoms. The van der Waals surface area contributed by atoms with Gasteiger partial charge in [-0.2, -0.15) is 0 Å². The fraction of sp³-hybridized carbons (Fsp3) is 0.267. The van der Waals surface area contributed by atoms with E-state index in [2.05, 4.69) is 10.0 Å². The van der Waals surface area contributed by atoms with E-state index in [1.54, 1.807) is 30.3 Å². The van der Waals surface area contributed by atoms with Crippen molar-refractivity contribution in [2.45, 2.75) is 30.4 Å². The lowest BCUT2D eigenvalue weighted by Gasteiger charge is -2.16. The number of carbonyl (C=O) groups excluding carboxylic acids is 1. The van der Waals surface area contributed by atoms with Crippen molar-refractivity contribution in [1.82, 2.24) is 0 Å². The fourth-order valence-corrected chi connectivity index (χ4v) is 4.73. The Morgan fingerprint density at radius 2 is 1.91 bits per heavy atom. The van der Waals surface area contributed by atoms with Crippen LogP contribution >= 0.6 is 11.3 Å². The average molecular weight is 336 g/mol. The second-order valence-corrected chi connectivity index (χ2v) is 9.01. The lowest BCUT2D eigenvalue weighted by atomic mass is 9.86. The molecule has 0 saturated heterocycles. The molecule has 2 N–H and O–H groups in total. The molecule has 0 unspecified atom stereocenters. The van der Waals surface area contributed by atoms with Crippen LogP contribution in [0.1, 0.15) is 24.3 Å². The predicted octanol–water partition coefficient (Wildman–Crippen LogP) is 3.09. The standard InChI is InChI=1S/C15H16N2O3S2/c1-9-4-7-13(21-9)22(19,20)17-10-5-6-12-11(8-10)15(2,3)14(18)16-12/h4-8,17H,1-3H3,(H,16,18). The first-order valence-electron chi connectivity index (χ1n) is 6.75. The highest BCUT2D eigenvalue weighted by Gasteiger charge is 2.38. The number of fused-ring (bicyclic) bond motifs is 1. The summed E-state index contributed by atoms with van der Waals surface area (Å²) in [4.78, 5) is 12.9. The van der Waals surface area contributed by atoms with Crippen LogP contribution in [-0.4, -0.2) is 14.3 Å². The van der Waals surface area contributed by atoms with E-state index in [1.165, 1.54) is 11.3 Å². The summed E-state index contributed by atoms with van der Waals surface area (Å²) in [5.41, 5.74) is 1.30. The summed E-state index contributed by atoms with van der Waals surface area (Å²) in [6, 6.07) is 8.45. The normalized spacial score (nSPS) is 16.2. The van der Waals surface area contributed by atoms with E-state index in [-0.39, 0.29) is 10.1 Å². The summed E-state index contributed by atoms with van der Waals surface area (Å²) in [6.45, 7) is 5.49. The molecule has 0 aliphatic carbocycles. The fourth-order valence-electron chi connectivity index (χ4n) is 2.40. The molecule has 0 bridgehead atoms. The molecule has 1 amide bonds. The van der Waals surface area contributed by atoms with Gasteiger partial charge in [-0.15, -0.1) is 11.3 Å². The molecule has 0 spiro atoms. The number of amides is 1. The van der Waals surface area contributed by atoms with Crippen molar-refractivity contribution in [2.75, 3.05) is 10.0 Å². The Hall–Kier alpha value is -1.86. The van der Waals surface area contributed by atoms with Gasteiger partial charge in [-0.25, -0.2) is 8.42 Å². The molecule has 2 aromatic rings. The minimum atomic E-state index is -3.60. The quantitative estimate of drug-likeness (QED) is 0.904. The second kappa shape index (κ2) is 4.82. The van der Waals surface area contributed by atoms with Crippen molar-refractivity contribution in [1.29, 1.82) is 0 Å². The number of thiophene rings is 1. The van der Waals surface area contributed by atoms with Gasteiger partial charge in [-0.3, -0.25) is 9.52 Å². The molecular formula is C15H16N2O3S2. The van der Waals surface area contributed by atoms with Crippen molar-refractivity contribution in [3.05, 3.63) is 40.8 Å². The molecule has 7 heteroatoms. The summed E-state index contributed by atoms with van der Waals surface area (Å²) in [6.07, 6.45) is 0. The van der Waals surface area contributed by atoms with E-state index in [0.717, 1.165) is 16.1 Å². The number of rotatable bonds is 3. The molecule has 1 aromatic carbocycles. The van der Waals surface area contributed by atoms with E-state index < -0.39 is 15.4 Å². The number of anilines is 2. The van der Waals surface area contributed by atoms with Crippen LogP contribution in [0.15, 0.2) is 34.5 Å². The minimum Gasteiger partial charge on any atom is -0.325 e. The summed E-state index contributed by atoms with van der Waals surface area (Å²) in [5, 5.41) is 2.80. The molecule has 3 rings (SSSR count). The number of benzene rings is 1. The Bertz CT molecular complexity index is 867. The molecular weight excluding hydrogens is 320 g/mol. The van der Waals surface area contributed by atoms with Gasteiger partial charge in [0, 0.05) is 16.3 Å². The first kappa shape index (κ1) is 15.1. The molecule has 0 atom stereocenters. The Kier molecular flexibility index (Phi) is 3.30. The van der Waals surface area contributed by atoms with Crippen LogP contribution < -0.4 is 10.0 Å². The van der Waals surface area contributed by atoms with Crippen LogP contribution in [0.5, 0.6) is 0 Å². The first-order chi connectivity index (χ1) is 10.2. The molecule has 116 valence electrons. The number of sulfonamides is 1. The van der Waals surface area contributed by atoms with Crippen molar-refractivity contribution in [3.63, 3.8) is 0 Å². The van der Waals surface area contributed by atoms with Crippen LogP contribution in [-0.2, 0) is 20.2 Å². The van der Waals surface area contributed by atoms with E-state index in [4.69, 9.17) is 0 Å². The van der Waals surface area contributed by atoms with E-state index in [0.29, 0.717) is 5.69 Å². The number of hydrogen-bond donors (Lipinski definition) is 2.